The minimum Gasteiger partial charge on any atom is -0.477 e. The number of rotatable bonds is 2. The third-order valence-corrected chi connectivity index (χ3v) is 2.76. The van der Waals surface area contributed by atoms with Gasteiger partial charge in [-0.25, -0.2) is 0 Å². The van der Waals surface area contributed by atoms with E-state index in [1.54, 1.807) is 4.90 Å². The van der Waals surface area contributed by atoms with Gasteiger partial charge in [-0.05, 0) is 40.0 Å². The first-order valence-electron chi connectivity index (χ1n) is 5.88. The average molecular weight is 225 g/mol. The fourth-order valence-electron chi connectivity index (χ4n) is 1.76. The Morgan fingerprint density at radius 3 is 2.38 bits per heavy atom. The molecule has 16 heavy (non-hydrogen) atoms. The van der Waals surface area contributed by atoms with Crippen molar-refractivity contribution >= 4 is 5.91 Å². The van der Waals surface area contributed by atoms with Crippen LogP contribution in [0.1, 0.15) is 48.0 Å². The Morgan fingerprint density at radius 2 is 1.94 bits per heavy atom. The van der Waals surface area contributed by atoms with Crippen LogP contribution in [0.3, 0.4) is 0 Å². The van der Waals surface area contributed by atoms with Crippen molar-refractivity contribution in [1.29, 1.82) is 0 Å². The third kappa shape index (κ3) is 2.77. The van der Waals surface area contributed by atoms with Crippen molar-refractivity contribution < 1.29 is 9.53 Å². The minimum absolute atomic E-state index is 0.130. The van der Waals surface area contributed by atoms with Crippen LogP contribution in [0.4, 0.5) is 0 Å². The molecule has 1 aliphatic rings. The summed E-state index contributed by atoms with van der Waals surface area (Å²) in [5.41, 5.74) is 0.649. The Bertz CT molecular complexity index is 310. The molecule has 0 radical (unpaired) electrons. The smallest absolute Gasteiger partial charge is 0.256 e. The van der Waals surface area contributed by atoms with Crippen LogP contribution < -0.4 is 0 Å². The molecule has 0 saturated carbocycles. The number of amides is 1. The molecule has 0 aromatic heterocycles. The highest BCUT2D eigenvalue weighted by Crippen LogP contribution is 2.27. The van der Waals surface area contributed by atoms with Crippen molar-refractivity contribution in [2.24, 2.45) is 5.92 Å². The highest BCUT2D eigenvalue weighted by atomic mass is 16.5. The number of allylic oxidation sites excluding steroid dienone is 1. The zero-order valence-electron chi connectivity index (χ0n) is 11.3. The summed E-state index contributed by atoms with van der Waals surface area (Å²) in [5, 5.41) is 0. The Hall–Kier alpha value is -0.990. The van der Waals surface area contributed by atoms with Gasteiger partial charge < -0.3 is 9.64 Å². The van der Waals surface area contributed by atoms with E-state index in [-0.39, 0.29) is 11.4 Å². The molecule has 0 aliphatic carbocycles. The van der Waals surface area contributed by atoms with Gasteiger partial charge in [-0.15, -0.1) is 0 Å². The van der Waals surface area contributed by atoms with E-state index < -0.39 is 0 Å². The number of carbonyl (C=O) groups is 1. The predicted molar refractivity (Wildman–Crippen MR) is 64.7 cm³/mol. The highest BCUT2D eigenvalue weighted by Gasteiger charge is 2.33. The first kappa shape index (κ1) is 13.1. The maximum atomic E-state index is 12.3. The fourth-order valence-corrected chi connectivity index (χ4v) is 1.76. The van der Waals surface area contributed by atoms with Crippen molar-refractivity contribution in [3.05, 3.63) is 11.3 Å². The van der Waals surface area contributed by atoms with Gasteiger partial charge in [0.2, 0.25) is 0 Å². The second-order valence-corrected chi connectivity index (χ2v) is 5.81. The summed E-state index contributed by atoms with van der Waals surface area (Å²) in [6.07, 6.45) is 0.789. The van der Waals surface area contributed by atoms with Gasteiger partial charge in [-0.1, -0.05) is 13.8 Å². The fraction of sp³-hybridized carbons (Fsp3) is 0.769. The molecule has 0 atom stereocenters. The van der Waals surface area contributed by atoms with Crippen LogP contribution >= 0.6 is 0 Å². The first-order valence-corrected chi connectivity index (χ1v) is 5.88. The van der Waals surface area contributed by atoms with Gasteiger partial charge >= 0.3 is 0 Å². The molecule has 1 rings (SSSR count). The predicted octanol–water partition coefficient (Wildman–Crippen LogP) is 2.92. The molecule has 1 amide bonds. The number of ether oxygens (including phenoxy) is 1. The van der Waals surface area contributed by atoms with Crippen molar-refractivity contribution in [3.63, 3.8) is 0 Å². The maximum absolute atomic E-state index is 12.3. The molecule has 0 N–H and O–H groups in total. The maximum Gasteiger partial charge on any atom is 0.256 e. The van der Waals surface area contributed by atoms with Crippen molar-refractivity contribution in [2.75, 3.05) is 6.73 Å². The molecule has 0 saturated heterocycles. The molecule has 0 aromatic rings. The largest absolute Gasteiger partial charge is 0.477 e. The molecule has 0 aromatic carbocycles. The standard InChI is InChI=1S/C13H23NO2/c1-9(2)7-11-10(3)16-8-14(12(11)15)13(4,5)6/h9H,7-8H2,1-6H3. The summed E-state index contributed by atoms with van der Waals surface area (Å²) in [5.74, 6) is 1.39. The lowest BCUT2D eigenvalue weighted by Gasteiger charge is -2.39. The van der Waals surface area contributed by atoms with Crippen molar-refractivity contribution in [3.8, 4) is 0 Å². The second-order valence-electron chi connectivity index (χ2n) is 5.81. The normalized spacial score (nSPS) is 18.2. The van der Waals surface area contributed by atoms with E-state index in [1.807, 2.05) is 27.7 Å². The van der Waals surface area contributed by atoms with E-state index in [0.717, 1.165) is 17.8 Å². The van der Waals surface area contributed by atoms with Crippen LogP contribution in [-0.4, -0.2) is 23.1 Å². The summed E-state index contributed by atoms with van der Waals surface area (Å²) < 4.78 is 5.59. The van der Waals surface area contributed by atoms with Gasteiger partial charge in [-0.2, -0.15) is 0 Å². The summed E-state index contributed by atoms with van der Waals surface area (Å²) in [6.45, 7) is 12.6. The molecule has 92 valence electrons. The minimum atomic E-state index is -0.181. The molecule has 0 bridgehead atoms. The first-order chi connectivity index (χ1) is 7.23. The topological polar surface area (TPSA) is 29.5 Å². The number of hydrogen-bond donors (Lipinski definition) is 0. The molecular formula is C13H23NO2. The Labute approximate surface area is 98.5 Å². The van der Waals surface area contributed by atoms with Crippen LogP contribution in [-0.2, 0) is 9.53 Å². The lowest BCUT2D eigenvalue weighted by molar-refractivity contribution is -0.141. The van der Waals surface area contributed by atoms with Gasteiger partial charge in [0.05, 0.1) is 5.57 Å². The Balaban J connectivity index is 2.94. The molecule has 0 fully saturated rings. The quantitative estimate of drug-likeness (QED) is 0.723. The summed E-state index contributed by atoms with van der Waals surface area (Å²) in [6, 6.07) is 0. The van der Waals surface area contributed by atoms with Gasteiger partial charge in [0.25, 0.3) is 5.91 Å². The third-order valence-electron chi connectivity index (χ3n) is 2.76. The number of carbonyl (C=O) groups excluding carboxylic acids is 1. The highest BCUT2D eigenvalue weighted by molar-refractivity contribution is 5.94. The zero-order valence-corrected chi connectivity index (χ0v) is 11.3. The van der Waals surface area contributed by atoms with E-state index in [0.29, 0.717) is 12.6 Å². The van der Waals surface area contributed by atoms with Crippen LogP contribution in [0.2, 0.25) is 0 Å². The molecule has 0 spiro atoms. The molecule has 0 unspecified atom stereocenters. The molecule has 1 aliphatic heterocycles. The summed E-state index contributed by atoms with van der Waals surface area (Å²) in [7, 11) is 0. The second kappa shape index (κ2) is 4.48. The van der Waals surface area contributed by atoms with Gasteiger partial charge in [0, 0.05) is 5.54 Å². The van der Waals surface area contributed by atoms with Gasteiger partial charge in [0.15, 0.2) is 6.73 Å². The Morgan fingerprint density at radius 1 is 1.38 bits per heavy atom. The van der Waals surface area contributed by atoms with Crippen molar-refractivity contribution in [1.82, 2.24) is 4.90 Å². The summed E-state index contributed by atoms with van der Waals surface area (Å²) in [4.78, 5) is 14.1. The molecule has 1 heterocycles. The lowest BCUT2D eigenvalue weighted by Crippen LogP contribution is -2.49. The molecular weight excluding hydrogens is 202 g/mol. The molecule has 3 nitrogen and oxygen atoms in total. The van der Waals surface area contributed by atoms with Crippen molar-refractivity contribution in [2.45, 2.75) is 53.5 Å². The monoisotopic (exact) mass is 225 g/mol. The molecule has 3 heteroatoms. The van der Waals surface area contributed by atoms with E-state index in [4.69, 9.17) is 4.74 Å². The van der Waals surface area contributed by atoms with E-state index in [2.05, 4.69) is 13.8 Å². The van der Waals surface area contributed by atoms with Crippen LogP contribution in [0.25, 0.3) is 0 Å². The lowest BCUT2D eigenvalue weighted by atomic mass is 9.97. The van der Waals surface area contributed by atoms with Crippen LogP contribution in [0.15, 0.2) is 11.3 Å². The van der Waals surface area contributed by atoms with Gasteiger partial charge in [-0.3, -0.25) is 4.79 Å². The summed E-state index contributed by atoms with van der Waals surface area (Å²) >= 11 is 0. The average Bonchev–Trinajstić information content (AvgIpc) is 2.09. The van der Waals surface area contributed by atoms with E-state index >= 15 is 0 Å². The van der Waals surface area contributed by atoms with Gasteiger partial charge in [0.1, 0.15) is 5.76 Å². The SMILES string of the molecule is CC1=C(CC(C)C)C(=O)N(C(C)(C)C)CO1. The van der Waals surface area contributed by atoms with E-state index in [9.17, 15) is 4.79 Å². The Kier molecular flexibility index (Phi) is 3.66. The van der Waals surface area contributed by atoms with Crippen LogP contribution in [0.5, 0.6) is 0 Å². The number of hydrogen-bond acceptors (Lipinski definition) is 2. The van der Waals surface area contributed by atoms with Crippen LogP contribution in [0, 0.1) is 5.92 Å². The zero-order chi connectivity index (χ0) is 12.5. The number of nitrogens with zero attached hydrogens (tertiary/aromatic N) is 1. The van der Waals surface area contributed by atoms with E-state index in [1.165, 1.54) is 0 Å².